The first-order chi connectivity index (χ1) is 11.2. The van der Waals surface area contributed by atoms with Crippen LogP contribution in [0.25, 0.3) is 0 Å². The summed E-state index contributed by atoms with van der Waals surface area (Å²) in [6, 6.07) is 2.82. The third kappa shape index (κ3) is 5.35. The number of hydrogen-bond donors (Lipinski definition) is 0. The molecule has 12 nitrogen and oxygen atoms in total. The molecule has 1 saturated heterocycles. The third-order valence-corrected chi connectivity index (χ3v) is 3.73. The van der Waals surface area contributed by atoms with Gasteiger partial charge in [0.15, 0.2) is 0 Å². The number of non-ortho nitro benzene ring substituents is 1. The van der Waals surface area contributed by atoms with Gasteiger partial charge >= 0.3 is 5.69 Å². The second kappa shape index (κ2) is 8.19. The largest absolute Gasteiger partial charge is 1.00 e. The summed E-state index contributed by atoms with van der Waals surface area (Å²) in [7, 11) is 4.08. The molecule has 1 fully saturated rings. The predicted molar refractivity (Wildman–Crippen MR) is 79.8 cm³/mol. The summed E-state index contributed by atoms with van der Waals surface area (Å²) in [5.74, 6) is -0.348. The van der Waals surface area contributed by atoms with Crippen molar-refractivity contribution in [2.45, 2.75) is 0 Å². The average Bonchev–Trinajstić information content (AvgIpc) is 2.52. The lowest BCUT2D eigenvalue weighted by Gasteiger charge is -2.36. The molecule has 1 aliphatic rings. The Labute approximate surface area is 159 Å². The van der Waals surface area contributed by atoms with Gasteiger partial charge in [-0.05, 0) is 6.07 Å². The fourth-order valence-electron chi connectivity index (χ4n) is 2.14. The summed E-state index contributed by atoms with van der Waals surface area (Å²) >= 11 is 0. The maximum atomic E-state index is 11.9. The number of nitro groups is 2. The van der Waals surface area contributed by atoms with Crippen molar-refractivity contribution in [1.29, 1.82) is 0 Å². The quantitative estimate of drug-likeness (QED) is 0.123. The zero-order valence-electron chi connectivity index (χ0n) is 13.6. The molecule has 1 aromatic carbocycles. The van der Waals surface area contributed by atoms with Crippen LogP contribution in [0.5, 0.6) is 5.75 Å². The Morgan fingerprint density at radius 2 is 1.72 bits per heavy atom. The van der Waals surface area contributed by atoms with Gasteiger partial charge in [-0.15, -0.1) is 5.01 Å². The number of quaternary nitrogens is 1. The van der Waals surface area contributed by atoms with Crippen molar-refractivity contribution >= 4 is 11.4 Å². The molecular weight excluding hydrogens is 451 g/mol. The molecule has 0 saturated carbocycles. The molecular formula is C12H17IN6O6. The molecule has 2 rings (SSSR count). The standard InChI is InChI=1S/C12H17N6O6.HI/c1-18(2)7-5-14(6-8-18)17(23)13-24-12-4-3-10(15(19)20)9-11(12)16(21)22;/h3-4,9H,5-8H2,1-2H3;1H/q+1;/p-1/b17-13-;. The summed E-state index contributed by atoms with van der Waals surface area (Å²) in [6.07, 6.45) is 0. The van der Waals surface area contributed by atoms with E-state index in [2.05, 4.69) is 5.28 Å². The first-order valence-corrected chi connectivity index (χ1v) is 7.04. The number of piperazine rings is 1. The van der Waals surface area contributed by atoms with Crippen molar-refractivity contribution in [2.75, 3.05) is 40.3 Å². The molecule has 25 heavy (non-hydrogen) atoms. The summed E-state index contributed by atoms with van der Waals surface area (Å²) in [5, 5.41) is 38.3. The second-order valence-electron chi connectivity index (χ2n) is 5.93. The number of likely N-dealkylation sites (N-methyl/N-ethyl adjacent to an activating group) is 1. The van der Waals surface area contributed by atoms with E-state index in [0.717, 1.165) is 35.8 Å². The lowest BCUT2D eigenvalue weighted by Crippen LogP contribution is -3.00. The Balaban J connectivity index is 0.00000312. The highest BCUT2D eigenvalue weighted by Crippen LogP contribution is 2.31. The summed E-state index contributed by atoms with van der Waals surface area (Å²) in [5.41, 5.74) is -1.10. The van der Waals surface area contributed by atoms with Crippen LogP contribution in [0.2, 0.25) is 0 Å². The number of hydrazine groups is 1. The van der Waals surface area contributed by atoms with Crippen LogP contribution < -0.4 is 28.8 Å². The summed E-state index contributed by atoms with van der Waals surface area (Å²) in [6.45, 7) is 2.41. The molecule has 0 amide bonds. The first kappa shape index (κ1) is 20.8. The Bertz CT molecular complexity index is 687. The minimum atomic E-state index is -0.839. The van der Waals surface area contributed by atoms with E-state index in [9.17, 15) is 25.4 Å². The molecule has 13 heteroatoms. The maximum absolute atomic E-state index is 11.9. The minimum absolute atomic E-state index is 0. The number of benzene rings is 1. The molecule has 138 valence electrons. The SMILES string of the molecule is C[N+]1(C)CCN(/[N+]([O-])=N/Oc2ccc([N+](=O)[O-])cc2[N+](=O)[O-])CC1.[I-]. The Kier molecular flexibility index (Phi) is 6.80. The van der Waals surface area contributed by atoms with Crippen LogP contribution in [0.4, 0.5) is 11.4 Å². The zero-order chi connectivity index (χ0) is 17.9. The highest BCUT2D eigenvalue weighted by molar-refractivity contribution is 5.53. The van der Waals surface area contributed by atoms with Crippen molar-refractivity contribution < 1.29 is 48.1 Å². The van der Waals surface area contributed by atoms with Crippen molar-refractivity contribution in [2.24, 2.45) is 5.28 Å². The van der Waals surface area contributed by atoms with E-state index in [4.69, 9.17) is 4.84 Å². The van der Waals surface area contributed by atoms with Crippen LogP contribution in [-0.4, -0.2) is 64.6 Å². The van der Waals surface area contributed by atoms with Gasteiger partial charge in [-0.2, -0.15) is 0 Å². The number of rotatable bonds is 5. The van der Waals surface area contributed by atoms with Crippen LogP contribution in [0.15, 0.2) is 23.5 Å². The van der Waals surface area contributed by atoms with E-state index in [0.29, 0.717) is 13.1 Å². The molecule has 0 N–H and O–H groups in total. The summed E-state index contributed by atoms with van der Waals surface area (Å²) in [4.78, 5) is 25.1. The smallest absolute Gasteiger partial charge is 0.321 e. The Morgan fingerprint density at radius 3 is 2.24 bits per heavy atom. The van der Waals surface area contributed by atoms with Gasteiger partial charge < -0.3 is 33.7 Å². The van der Waals surface area contributed by atoms with Gasteiger partial charge in [0, 0.05) is 6.07 Å². The van der Waals surface area contributed by atoms with Crippen molar-refractivity contribution in [3.05, 3.63) is 43.6 Å². The fraction of sp³-hybridized carbons (Fsp3) is 0.500. The molecule has 0 unspecified atom stereocenters. The van der Waals surface area contributed by atoms with E-state index in [1.54, 1.807) is 0 Å². The maximum Gasteiger partial charge on any atom is 0.321 e. The van der Waals surface area contributed by atoms with E-state index < -0.39 is 21.2 Å². The van der Waals surface area contributed by atoms with Gasteiger partial charge in [0.2, 0.25) is 11.0 Å². The molecule has 1 heterocycles. The number of hydrogen-bond acceptors (Lipinski definition) is 7. The van der Waals surface area contributed by atoms with Crippen LogP contribution in [-0.2, 0) is 0 Å². The normalized spacial score (nSPS) is 16.7. The fourth-order valence-corrected chi connectivity index (χ4v) is 2.14. The van der Waals surface area contributed by atoms with Crippen molar-refractivity contribution in [1.82, 2.24) is 5.01 Å². The number of halogens is 1. The van der Waals surface area contributed by atoms with Gasteiger partial charge in [-0.1, -0.05) is 0 Å². The Morgan fingerprint density at radius 1 is 1.12 bits per heavy atom. The van der Waals surface area contributed by atoms with Crippen LogP contribution in [0.3, 0.4) is 0 Å². The number of nitrogens with zero attached hydrogens (tertiary/aromatic N) is 6. The van der Waals surface area contributed by atoms with Crippen molar-refractivity contribution in [3.8, 4) is 5.75 Å². The van der Waals surface area contributed by atoms with Gasteiger partial charge in [0.05, 0.1) is 35.0 Å². The minimum Gasteiger partial charge on any atom is -1.00 e. The van der Waals surface area contributed by atoms with E-state index in [-0.39, 0.29) is 34.7 Å². The molecule has 0 spiro atoms. The molecule has 1 aliphatic heterocycles. The molecule has 0 atom stereocenters. The van der Waals surface area contributed by atoms with Gasteiger partial charge in [0.1, 0.15) is 26.2 Å². The van der Waals surface area contributed by atoms with Gasteiger partial charge in [-0.25, -0.2) is 0 Å². The Hall–Kier alpha value is -2.29. The van der Waals surface area contributed by atoms with E-state index >= 15 is 0 Å². The lowest BCUT2D eigenvalue weighted by molar-refractivity contribution is -0.907. The predicted octanol–water partition coefficient (Wildman–Crippen LogP) is -1.93. The highest BCUT2D eigenvalue weighted by atomic mass is 127. The van der Waals surface area contributed by atoms with Crippen molar-refractivity contribution in [3.63, 3.8) is 0 Å². The van der Waals surface area contributed by atoms with Crippen LogP contribution in [0, 0.1) is 25.4 Å². The van der Waals surface area contributed by atoms with Crippen LogP contribution in [0.1, 0.15) is 0 Å². The first-order valence-electron chi connectivity index (χ1n) is 7.04. The molecule has 0 aromatic heterocycles. The average molecular weight is 468 g/mol. The zero-order valence-corrected chi connectivity index (χ0v) is 15.7. The molecule has 0 radical (unpaired) electrons. The monoisotopic (exact) mass is 468 g/mol. The highest BCUT2D eigenvalue weighted by Gasteiger charge is 2.29. The number of nitro benzene ring substituents is 2. The van der Waals surface area contributed by atoms with E-state index in [1.165, 1.54) is 5.01 Å². The topological polar surface area (TPSA) is 137 Å². The molecule has 0 aliphatic carbocycles. The lowest BCUT2D eigenvalue weighted by atomic mass is 10.2. The third-order valence-electron chi connectivity index (χ3n) is 3.73. The van der Waals surface area contributed by atoms with Gasteiger partial charge in [0.25, 0.3) is 5.69 Å². The molecule has 1 aromatic rings. The van der Waals surface area contributed by atoms with Crippen LogP contribution >= 0.6 is 0 Å². The van der Waals surface area contributed by atoms with Gasteiger partial charge in [-0.3, -0.25) is 25.1 Å². The van der Waals surface area contributed by atoms with E-state index in [1.807, 2.05) is 14.1 Å². The second-order valence-corrected chi connectivity index (χ2v) is 5.93. The summed E-state index contributed by atoms with van der Waals surface area (Å²) < 4.78 is 0.777. The molecule has 0 bridgehead atoms.